The predicted molar refractivity (Wildman–Crippen MR) is 123 cm³/mol. The van der Waals surface area contributed by atoms with Gasteiger partial charge in [-0.05, 0) is 53.3 Å². The number of amides is 1. The van der Waals surface area contributed by atoms with E-state index in [-0.39, 0.29) is 11.9 Å². The molecule has 0 aliphatic carbocycles. The van der Waals surface area contributed by atoms with E-state index >= 15 is 0 Å². The van der Waals surface area contributed by atoms with Crippen molar-refractivity contribution in [1.82, 2.24) is 14.9 Å². The Morgan fingerprint density at radius 1 is 1.14 bits per heavy atom. The van der Waals surface area contributed by atoms with E-state index in [2.05, 4.69) is 22.4 Å². The van der Waals surface area contributed by atoms with Crippen molar-refractivity contribution in [2.24, 2.45) is 7.05 Å². The molecule has 1 aliphatic heterocycles. The number of rotatable bonds is 5. The highest BCUT2D eigenvalue weighted by Crippen LogP contribution is 2.43. The second-order valence-electron chi connectivity index (χ2n) is 6.90. The van der Waals surface area contributed by atoms with E-state index in [4.69, 9.17) is 11.6 Å². The second-order valence-corrected chi connectivity index (χ2v) is 10.1. The molecule has 7 heteroatoms. The van der Waals surface area contributed by atoms with Gasteiger partial charge in [-0.2, -0.15) is 0 Å². The Labute approximate surface area is 184 Å². The maximum absolute atomic E-state index is 13.0. The van der Waals surface area contributed by atoms with Crippen LogP contribution in [-0.4, -0.2) is 27.0 Å². The number of halogens is 1. The van der Waals surface area contributed by atoms with Crippen LogP contribution in [0.3, 0.4) is 0 Å². The molecule has 1 amide bonds. The van der Waals surface area contributed by atoms with Crippen molar-refractivity contribution >= 4 is 41.0 Å². The molecule has 150 valence electrons. The van der Waals surface area contributed by atoms with Crippen LogP contribution in [0.5, 0.6) is 0 Å². The zero-order chi connectivity index (χ0) is 20.2. The minimum atomic E-state index is -0.358. The molecule has 3 aromatic rings. The number of hydrogen-bond acceptors (Lipinski definition) is 4. The molecule has 29 heavy (non-hydrogen) atoms. The first-order valence-electron chi connectivity index (χ1n) is 9.48. The smallest absolute Gasteiger partial charge is 0.252 e. The third kappa shape index (κ3) is 4.82. The number of aryl methyl sites for hydroxylation is 1. The summed E-state index contributed by atoms with van der Waals surface area (Å²) in [5, 5.41) is 3.80. The number of carbonyl (C=O) groups excluding carboxylic acids is 1. The van der Waals surface area contributed by atoms with Gasteiger partial charge < -0.3 is 9.88 Å². The van der Waals surface area contributed by atoms with Gasteiger partial charge in [0.2, 0.25) is 0 Å². The van der Waals surface area contributed by atoms with Crippen LogP contribution in [0.25, 0.3) is 0 Å². The van der Waals surface area contributed by atoms with Crippen LogP contribution in [0.2, 0.25) is 5.02 Å². The summed E-state index contributed by atoms with van der Waals surface area (Å²) >= 11 is 10.0. The summed E-state index contributed by atoms with van der Waals surface area (Å²) in [6, 6.07) is 15.1. The lowest BCUT2D eigenvalue weighted by molar-refractivity contribution is 0.0941. The summed E-state index contributed by atoms with van der Waals surface area (Å²) < 4.78 is 2.38. The average Bonchev–Trinajstić information content (AvgIpc) is 3.19. The zero-order valence-electron chi connectivity index (χ0n) is 16.0. The number of thioether (sulfide) groups is 2. The Balaban J connectivity index is 1.55. The van der Waals surface area contributed by atoms with E-state index in [0.29, 0.717) is 15.2 Å². The van der Waals surface area contributed by atoms with E-state index < -0.39 is 0 Å². The minimum absolute atomic E-state index is 0.122. The van der Waals surface area contributed by atoms with Crippen LogP contribution in [-0.2, 0) is 7.05 Å². The van der Waals surface area contributed by atoms with Crippen LogP contribution >= 0.6 is 35.1 Å². The maximum Gasteiger partial charge on any atom is 0.252 e. The molecule has 4 rings (SSSR count). The first kappa shape index (κ1) is 20.4. The topological polar surface area (TPSA) is 46.9 Å². The highest BCUT2D eigenvalue weighted by Gasteiger charge is 2.22. The van der Waals surface area contributed by atoms with Crippen molar-refractivity contribution in [3.8, 4) is 0 Å². The van der Waals surface area contributed by atoms with Crippen LogP contribution < -0.4 is 5.32 Å². The van der Waals surface area contributed by atoms with Crippen LogP contribution in [0.1, 0.15) is 44.4 Å². The molecule has 2 aromatic carbocycles. The van der Waals surface area contributed by atoms with Gasteiger partial charge >= 0.3 is 0 Å². The van der Waals surface area contributed by atoms with E-state index in [1.807, 2.05) is 77.7 Å². The molecule has 1 saturated heterocycles. The SMILES string of the molecule is Cn1ccnc1[C@H](NC(=O)c1ccc(C2SCCCS2)cc1)c1ccc(Cl)cc1. The Kier molecular flexibility index (Phi) is 6.53. The number of hydrogen-bond donors (Lipinski definition) is 1. The molecule has 0 spiro atoms. The Morgan fingerprint density at radius 3 is 2.45 bits per heavy atom. The van der Waals surface area contributed by atoms with Gasteiger partial charge in [-0.25, -0.2) is 4.98 Å². The largest absolute Gasteiger partial charge is 0.338 e. The summed E-state index contributed by atoms with van der Waals surface area (Å²) in [4.78, 5) is 17.5. The lowest BCUT2D eigenvalue weighted by Gasteiger charge is -2.22. The molecule has 0 bridgehead atoms. The van der Waals surface area contributed by atoms with E-state index in [9.17, 15) is 4.79 Å². The standard InChI is InChI=1S/C22H22ClN3OS2/c1-26-12-11-24-20(26)19(15-7-9-18(23)10-8-15)25-21(27)16-3-5-17(6-4-16)22-28-13-2-14-29-22/h3-12,19,22H,2,13-14H2,1H3,(H,25,27)/t19-/m1/s1. The number of imidazole rings is 1. The molecule has 4 nitrogen and oxygen atoms in total. The third-order valence-electron chi connectivity index (χ3n) is 4.87. The quantitative estimate of drug-likeness (QED) is 0.568. The van der Waals surface area contributed by atoms with Gasteiger partial charge in [0.15, 0.2) is 0 Å². The van der Waals surface area contributed by atoms with E-state index in [1.165, 1.54) is 23.5 Å². The summed E-state index contributed by atoms with van der Waals surface area (Å²) in [7, 11) is 1.92. The molecule has 1 atom stereocenters. The normalized spacial score (nSPS) is 15.8. The number of benzene rings is 2. The molecule has 1 N–H and O–H groups in total. The molecule has 0 radical (unpaired) electrons. The number of nitrogens with one attached hydrogen (secondary N) is 1. The van der Waals surface area contributed by atoms with Gasteiger partial charge in [-0.3, -0.25) is 4.79 Å². The van der Waals surface area contributed by atoms with Gasteiger partial charge in [0.25, 0.3) is 5.91 Å². The summed E-state index contributed by atoms with van der Waals surface area (Å²) in [6.07, 6.45) is 4.88. The summed E-state index contributed by atoms with van der Waals surface area (Å²) in [5.74, 6) is 3.05. The van der Waals surface area contributed by atoms with Gasteiger partial charge in [-0.15, -0.1) is 23.5 Å². The van der Waals surface area contributed by atoms with Crippen LogP contribution in [0, 0.1) is 0 Å². The van der Waals surface area contributed by atoms with Gasteiger partial charge in [-0.1, -0.05) is 35.9 Å². The summed E-state index contributed by atoms with van der Waals surface area (Å²) in [5.41, 5.74) is 2.85. The average molecular weight is 444 g/mol. The molecule has 0 saturated carbocycles. The van der Waals surface area contributed by atoms with Crippen molar-refractivity contribution < 1.29 is 4.79 Å². The molecule has 1 aliphatic rings. The Bertz CT molecular complexity index is 966. The minimum Gasteiger partial charge on any atom is -0.338 e. The highest BCUT2D eigenvalue weighted by molar-refractivity contribution is 8.16. The summed E-state index contributed by atoms with van der Waals surface area (Å²) in [6.45, 7) is 0. The predicted octanol–water partition coefficient (Wildman–Crippen LogP) is 5.46. The molecular formula is C22H22ClN3OS2. The molecule has 1 fully saturated rings. The third-order valence-corrected chi connectivity index (χ3v) is 8.13. The van der Waals surface area contributed by atoms with Crippen LogP contribution in [0.15, 0.2) is 60.9 Å². The maximum atomic E-state index is 13.0. The van der Waals surface area contributed by atoms with Gasteiger partial charge in [0.1, 0.15) is 11.9 Å². The van der Waals surface area contributed by atoms with Gasteiger partial charge in [0.05, 0.1) is 4.58 Å². The Morgan fingerprint density at radius 2 is 1.83 bits per heavy atom. The monoisotopic (exact) mass is 443 g/mol. The first-order valence-corrected chi connectivity index (χ1v) is 12.0. The number of nitrogens with zero attached hydrogens (tertiary/aromatic N) is 2. The van der Waals surface area contributed by atoms with Gasteiger partial charge in [0, 0.05) is 30.0 Å². The second kappa shape index (κ2) is 9.28. The van der Waals surface area contributed by atoms with E-state index in [1.54, 1.807) is 6.20 Å². The lowest BCUT2D eigenvalue weighted by atomic mass is 10.0. The molecular weight excluding hydrogens is 422 g/mol. The fourth-order valence-electron chi connectivity index (χ4n) is 3.29. The molecule has 2 heterocycles. The number of aromatic nitrogens is 2. The van der Waals surface area contributed by atoms with Crippen molar-refractivity contribution in [2.45, 2.75) is 17.0 Å². The fraction of sp³-hybridized carbons (Fsp3) is 0.273. The molecule has 0 unspecified atom stereocenters. The van der Waals surface area contributed by atoms with Crippen molar-refractivity contribution in [1.29, 1.82) is 0 Å². The Hall–Kier alpha value is -1.89. The van der Waals surface area contributed by atoms with Crippen molar-refractivity contribution in [2.75, 3.05) is 11.5 Å². The number of carbonyl (C=O) groups is 1. The van der Waals surface area contributed by atoms with Crippen molar-refractivity contribution in [3.63, 3.8) is 0 Å². The molecule has 1 aromatic heterocycles. The lowest BCUT2D eigenvalue weighted by Crippen LogP contribution is -2.31. The van der Waals surface area contributed by atoms with E-state index in [0.717, 1.165) is 11.4 Å². The zero-order valence-corrected chi connectivity index (χ0v) is 18.4. The highest BCUT2D eigenvalue weighted by atomic mass is 35.5. The fourth-order valence-corrected chi connectivity index (χ4v) is 6.31. The van der Waals surface area contributed by atoms with Crippen LogP contribution in [0.4, 0.5) is 0 Å². The van der Waals surface area contributed by atoms with Crippen molar-refractivity contribution in [3.05, 3.63) is 88.5 Å². The first-order chi connectivity index (χ1) is 14.1.